The van der Waals surface area contributed by atoms with Crippen LogP contribution in [0.5, 0.6) is 0 Å². The zero-order valence-electron chi connectivity index (χ0n) is 30.7. The van der Waals surface area contributed by atoms with Gasteiger partial charge < -0.3 is 9.73 Å². The first-order chi connectivity index (χ1) is 28.2. The number of furan rings is 1. The van der Waals surface area contributed by atoms with Crippen molar-refractivity contribution in [2.45, 2.75) is 24.4 Å². The Morgan fingerprint density at radius 3 is 2.26 bits per heavy atom. The summed E-state index contributed by atoms with van der Waals surface area (Å²) in [5.74, 6) is 2.59. The van der Waals surface area contributed by atoms with E-state index >= 15 is 0 Å². The first kappa shape index (κ1) is 31.4. The Balaban J connectivity index is 0.991. The van der Waals surface area contributed by atoms with Crippen molar-refractivity contribution in [3.63, 3.8) is 0 Å². The quantitative estimate of drug-likeness (QED) is 0.195. The van der Waals surface area contributed by atoms with Gasteiger partial charge in [0.05, 0.1) is 0 Å². The molecule has 3 unspecified atom stereocenters. The van der Waals surface area contributed by atoms with Gasteiger partial charge in [0.25, 0.3) is 0 Å². The molecule has 1 fully saturated rings. The summed E-state index contributed by atoms with van der Waals surface area (Å²) in [6.45, 7) is 0. The molecule has 4 nitrogen and oxygen atoms in total. The Kier molecular flexibility index (Phi) is 6.52. The number of hydrogen-bond donors (Lipinski definition) is 1. The van der Waals surface area contributed by atoms with E-state index in [4.69, 9.17) is 14.4 Å². The van der Waals surface area contributed by atoms with Gasteiger partial charge in [-0.3, -0.25) is 0 Å². The van der Waals surface area contributed by atoms with Crippen LogP contribution < -0.4 is 5.32 Å². The lowest BCUT2D eigenvalue weighted by molar-refractivity contribution is 0.664. The lowest BCUT2D eigenvalue weighted by Crippen LogP contribution is -2.34. The molecule has 1 N–H and O–H groups in total. The van der Waals surface area contributed by atoms with E-state index in [2.05, 4.69) is 169 Å². The highest BCUT2D eigenvalue weighted by atomic mass is 32.1. The van der Waals surface area contributed by atoms with Crippen LogP contribution in [0, 0.1) is 0 Å². The fourth-order valence-corrected chi connectivity index (χ4v) is 10.9. The molecule has 0 bridgehead atoms. The van der Waals surface area contributed by atoms with Crippen molar-refractivity contribution in [2.75, 3.05) is 0 Å². The smallest absolute Gasteiger partial charge is 0.160 e. The summed E-state index contributed by atoms with van der Waals surface area (Å²) >= 11 is 1.85. The van der Waals surface area contributed by atoms with E-state index in [0.717, 1.165) is 44.5 Å². The SMILES string of the molecule is c1ccc2c(c1)-c1cccc(C3N=C(c4cccc5oc6cc(-c7cccc8sc9ccccc9c78)ccc6c45)N=C(c4ccc5ccccc5c4)N3)c1C1CC21. The molecule has 1 aliphatic heterocycles. The molecular weight excluding hydrogens is 715 g/mol. The second kappa shape index (κ2) is 11.8. The van der Waals surface area contributed by atoms with Crippen LogP contribution in [0.4, 0.5) is 0 Å². The summed E-state index contributed by atoms with van der Waals surface area (Å²) in [4.78, 5) is 10.9. The number of fused-ring (bicyclic) bond motifs is 13. The van der Waals surface area contributed by atoms with Crippen molar-refractivity contribution in [2.24, 2.45) is 9.98 Å². The van der Waals surface area contributed by atoms with Gasteiger partial charge in [-0.05, 0) is 98.8 Å². The van der Waals surface area contributed by atoms with Crippen molar-refractivity contribution < 1.29 is 4.42 Å². The van der Waals surface area contributed by atoms with Crippen LogP contribution >= 0.6 is 11.3 Å². The van der Waals surface area contributed by atoms with E-state index in [1.807, 2.05) is 11.3 Å². The summed E-state index contributed by atoms with van der Waals surface area (Å²) in [6, 6.07) is 59.1. The second-order valence-corrected chi connectivity index (χ2v) is 16.7. The number of thiophene rings is 1. The molecule has 0 amide bonds. The van der Waals surface area contributed by atoms with E-state index < -0.39 is 0 Å². The fourth-order valence-electron chi connectivity index (χ4n) is 9.80. The van der Waals surface area contributed by atoms with E-state index in [1.54, 1.807) is 0 Å². The molecule has 3 aliphatic rings. The molecule has 10 aromatic rings. The van der Waals surface area contributed by atoms with Crippen LogP contribution in [-0.2, 0) is 0 Å². The summed E-state index contributed by atoms with van der Waals surface area (Å²) in [5.41, 5.74) is 12.9. The molecule has 8 aromatic carbocycles. The second-order valence-electron chi connectivity index (χ2n) is 15.6. The molecule has 0 spiro atoms. The number of amidine groups is 2. The van der Waals surface area contributed by atoms with Crippen LogP contribution in [0.1, 0.15) is 52.2 Å². The average Bonchev–Trinajstić information content (AvgIpc) is 3.86. The molecule has 268 valence electrons. The minimum atomic E-state index is -0.318. The van der Waals surface area contributed by atoms with Gasteiger partial charge in [0.15, 0.2) is 5.84 Å². The number of nitrogens with zero attached hydrogens (tertiary/aromatic N) is 2. The highest BCUT2D eigenvalue weighted by Crippen LogP contribution is 2.63. The topological polar surface area (TPSA) is 49.9 Å². The first-order valence-electron chi connectivity index (χ1n) is 19.7. The van der Waals surface area contributed by atoms with Gasteiger partial charge in [0.1, 0.15) is 23.2 Å². The standard InChI is InChI=1S/C52H33N3OS/c1-2-11-30-26-32(23-22-29(30)10-1)50-53-51(39-17-7-16-36-34-12-3-4-13-35(34)41-28-42(41)47(36)39)55-52(54-50)40-18-8-19-43-48(40)37-25-24-31(27-44(37)56-43)33-15-9-21-46-49(33)38-14-5-6-20-45(38)57-46/h1-27,41-42,51H,28H2,(H,53,54,55). The molecule has 2 aromatic heterocycles. The Bertz CT molecular complexity index is 3400. The molecule has 2 aliphatic carbocycles. The molecule has 3 heterocycles. The molecule has 13 rings (SSSR count). The van der Waals surface area contributed by atoms with Gasteiger partial charge in [0, 0.05) is 47.6 Å². The summed E-state index contributed by atoms with van der Waals surface area (Å²) in [7, 11) is 0. The molecule has 5 heteroatoms. The number of nitrogens with one attached hydrogen (secondary N) is 1. The van der Waals surface area contributed by atoms with Crippen molar-refractivity contribution >= 4 is 75.9 Å². The summed E-state index contributed by atoms with van der Waals surface area (Å²) < 4.78 is 9.30. The monoisotopic (exact) mass is 747 g/mol. The fraction of sp³-hybridized carbons (Fsp3) is 0.0769. The highest BCUT2D eigenvalue weighted by Gasteiger charge is 2.47. The van der Waals surface area contributed by atoms with Crippen molar-refractivity contribution in [1.29, 1.82) is 0 Å². The number of aliphatic imine (C=N–C) groups is 2. The van der Waals surface area contributed by atoms with Crippen molar-refractivity contribution in [3.8, 4) is 22.3 Å². The van der Waals surface area contributed by atoms with Gasteiger partial charge in [-0.25, -0.2) is 9.98 Å². The van der Waals surface area contributed by atoms with Crippen LogP contribution in [0.3, 0.4) is 0 Å². The van der Waals surface area contributed by atoms with Gasteiger partial charge in [-0.2, -0.15) is 0 Å². The predicted molar refractivity (Wildman–Crippen MR) is 237 cm³/mol. The van der Waals surface area contributed by atoms with Gasteiger partial charge in [0.2, 0.25) is 0 Å². The lowest BCUT2D eigenvalue weighted by atomic mass is 9.82. The third kappa shape index (κ3) is 4.73. The molecule has 0 radical (unpaired) electrons. The normalized spacial score (nSPS) is 18.3. The molecule has 3 atom stereocenters. The maximum atomic E-state index is 6.71. The van der Waals surface area contributed by atoms with Gasteiger partial charge in [-0.1, -0.05) is 127 Å². The van der Waals surface area contributed by atoms with Crippen LogP contribution in [0.25, 0.3) is 75.1 Å². The van der Waals surface area contributed by atoms with Crippen LogP contribution in [0.15, 0.2) is 178 Å². The van der Waals surface area contributed by atoms with Crippen LogP contribution in [-0.4, -0.2) is 11.7 Å². The minimum Gasteiger partial charge on any atom is -0.456 e. The van der Waals surface area contributed by atoms with Gasteiger partial charge in [-0.15, -0.1) is 11.3 Å². The zero-order chi connectivity index (χ0) is 37.2. The van der Waals surface area contributed by atoms with E-state index in [0.29, 0.717) is 17.7 Å². The molecular formula is C52H33N3OS. The van der Waals surface area contributed by atoms with E-state index in [1.165, 1.54) is 70.7 Å². The maximum absolute atomic E-state index is 6.71. The maximum Gasteiger partial charge on any atom is 0.160 e. The first-order valence-corrected chi connectivity index (χ1v) is 20.6. The summed E-state index contributed by atoms with van der Waals surface area (Å²) in [6.07, 6.45) is 0.858. The molecule has 1 saturated carbocycles. The molecule has 0 saturated heterocycles. The zero-order valence-corrected chi connectivity index (χ0v) is 31.6. The number of hydrogen-bond acceptors (Lipinski definition) is 5. The van der Waals surface area contributed by atoms with Crippen molar-refractivity contribution in [1.82, 2.24) is 5.32 Å². The molecule has 57 heavy (non-hydrogen) atoms. The Labute approximate surface area is 332 Å². The van der Waals surface area contributed by atoms with E-state index in [-0.39, 0.29) is 6.17 Å². The Morgan fingerprint density at radius 2 is 1.28 bits per heavy atom. The van der Waals surface area contributed by atoms with Crippen molar-refractivity contribution in [3.05, 3.63) is 192 Å². The summed E-state index contributed by atoms with van der Waals surface area (Å²) in [5, 5.41) is 10.9. The third-order valence-electron chi connectivity index (χ3n) is 12.5. The highest BCUT2D eigenvalue weighted by molar-refractivity contribution is 7.25. The van der Waals surface area contributed by atoms with Crippen LogP contribution in [0.2, 0.25) is 0 Å². The number of benzene rings is 8. The van der Waals surface area contributed by atoms with Gasteiger partial charge >= 0.3 is 0 Å². The average molecular weight is 748 g/mol. The Morgan fingerprint density at radius 1 is 0.526 bits per heavy atom. The minimum absolute atomic E-state index is 0.318. The lowest BCUT2D eigenvalue weighted by Gasteiger charge is -2.28. The largest absolute Gasteiger partial charge is 0.456 e. The predicted octanol–water partition coefficient (Wildman–Crippen LogP) is 13.5. The van der Waals surface area contributed by atoms with E-state index in [9.17, 15) is 0 Å². The Hall–Kier alpha value is -6.82. The third-order valence-corrected chi connectivity index (χ3v) is 13.6. The number of rotatable bonds is 4.